The van der Waals surface area contributed by atoms with Crippen LogP contribution in [0.5, 0.6) is 0 Å². The van der Waals surface area contributed by atoms with E-state index in [2.05, 4.69) is 5.10 Å². The lowest BCUT2D eigenvalue weighted by atomic mass is 10.1. The second-order valence-electron chi connectivity index (χ2n) is 6.69. The SMILES string of the molecule is CC(C)N1Cc2c(nn(-c3ccccc3Cl)c2-c2ccc(F)c(Cl)c2)C1=O. The van der Waals surface area contributed by atoms with Crippen LogP contribution in [0.4, 0.5) is 4.39 Å². The number of hydrogen-bond acceptors (Lipinski definition) is 2. The number of amides is 1. The number of benzene rings is 2. The molecule has 1 aliphatic rings. The van der Waals surface area contributed by atoms with E-state index in [0.717, 1.165) is 5.56 Å². The molecule has 0 radical (unpaired) electrons. The number of carbonyl (C=O) groups excluding carboxylic acids is 1. The Morgan fingerprint density at radius 1 is 1.11 bits per heavy atom. The molecule has 0 aliphatic carbocycles. The Balaban J connectivity index is 1.98. The standard InChI is InChI=1S/C20H16Cl2FN3O/c1-11(2)25-10-13-18(20(25)27)24-26(17-6-4-3-5-14(17)21)19(13)12-7-8-16(23)15(22)9-12/h3-9,11H,10H2,1-2H3. The summed E-state index contributed by atoms with van der Waals surface area (Å²) in [7, 11) is 0. The van der Waals surface area contributed by atoms with Crippen molar-refractivity contribution in [1.29, 1.82) is 0 Å². The fourth-order valence-corrected chi connectivity index (χ4v) is 3.70. The van der Waals surface area contributed by atoms with Crippen molar-refractivity contribution in [3.05, 3.63) is 69.6 Å². The van der Waals surface area contributed by atoms with Crippen LogP contribution in [0.15, 0.2) is 42.5 Å². The van der Waals surface area contributed by atoms with Gasteiger partial charge in [0.1, 0.15) is 5.82 Å². The van der Waals surface area contributed by atoms with Crippen molar-refractivity contribution in [3.63, 3.8) is 0 Å². The highest BCUT2D eigenvalue weighted by Gasteiger charge is 2.36. The van der Waals surface area contributed by atoms with Gasteiger partial charge in [0.05, 0.1) is 28.0 Å². The van der Waals surface area contributed by atoms with Crippen LogP contribution in [-0.4, -0.2) is 26.6 Å². The van der Waals surface area contributed by atoms with Crippen molar-refractivity contribution < 1.29 is 9.18 Å². The molecule has 0 atom stereocenters. The number of hydrogen-bond donors (Lipinski definition) is 0. The van der Waals surface area contributed by atoms with E-state index >= 15 is 0 Å². The zero-order valence-corrected chi connectivity index (χ0v) is 16.2. The lowest BCUT2D eigenvalue weighted by molar-refractivity contribution is 0.0724. The van der Waals surface area contributed by atoms with Gasteiger partial charge >= 0.3 is 0 Å². The van der Waals surface area contributed by atoms with Gasteiger partial charge in [0.2, 0.25) is 0 Å². The Morgan fingerprint density at radius 2 is 1.85 bits per heavy atom. The first-order valence-electron chi connectivity index (χ1n) is 8.51. The van der Waals surface area contributed by atoms with Gasteiger partial charge in [0.15, 0.2) is 5.69 Å². The van der Waals surface area contributed by atoms with E-state index in [4.69, 9.17) is 23.2 Å². The van der Waals surface area contributed by atoms with Gasteiger partial charge in [-0.15, -0.1) is 0 Å². The minimum absolute atomic E-state index is 0.0122. The lowest BCUT2D eigenvalue weighted by Crippen LogP contribution is -2.31. The minimum atomic E-state index is -0.499. The highest BCUT2D eigenvalue weighted by Crippen LogP contribution is 2.37. The van der Waals surface area contributed by atoms with Gasteiger partial charge in [-0.2, -0.15) is 5.10 Å². The first-order valence-corrected chi connectivity index (χ1v) is 9.27. The van der Waals surface area contributed by atoms with Crippen LogP contribution in [0.25, 0.3) is 16.9 Å². The van der Waals surface area contributed by atoms with E-state index in [1.54, 1.807) is 27.8 Å². The van der Waals surface area contributed by atoms with Gasteiger partial charge in [0.25, 0.3) is 5.91 Å². The molecule has 0 saturated carbocycles. The maximum atomic E-state index is 13.7. The molecule has 4 nitrogen and oxygen atoms in total. The highest BCUT2D eigenvalue weighted by atomic mass is 35.5. The molecule has 3 aromatic rings. The first-order chi connectivity index (χ1) is 12.9. The quantitative estimate of drug-likeness (QED) is 0.590. The van der Waals surface area contributed by atoms with Crippen molar-refractivity contribution >= 4 is 29.1 Å². The average Bonchev–Trinajstić information content (AvgIpc) is 3.15. The van der Waals surface area contributed by atoms with Gasteiger partial charge in [-0.25, -0.2) is 9.07 Å². The monoisotopic (exact) mass is 403 g/mol. The summed E-state index contributed by atoms with van der Waals surface area (Å²) in [4.78, 5) is 14.6. The number of para-hydroxylation sites is 1. The van der Waals surface area contributed by atoms with E-state index in [1.165, 1.54) is 6.07 Å². The highest BCUT2D eigenvalue weighted by molar-refractivity contribution is 6.32. The number of carbonyl (C=O) groups is 1. The van der Waals surface area contributed by atoms with Gasteiger partial charge in [-0.1, -0.05) is 35.3 Å². The molecule has 0 unspecified atom stereocenters. The zero-order valence-electron chi connectivity index (χ0n) is 14.7. The van der Waals surface area contributed by atoms with Crippen LogP contribution in [0, 0.1) is 5.82 Å². The fraction of sp³-hybridized carbons (Fsp3) is 0.200. The Hall–Kier alpha value is -2.37. The van der Waals surface area contributed by atoms with Gasteiger partial charge < -0.3 is 4.90 Å². The first kappa shape index (κ1) is 18.0. The molecule has 2 heterocycles. The van der Waals surface area contributed by atoms with Crippen LogP contribution in [-0.2, 0) is 6.54 Å². The summed E-state index contributed by atoms with van der Waals surface area (Å²) in [5.74, 6) is -0.624. The smallest absolute Gasteiger partial charge is 0.275 e. The Morgan fingerprint density at radius 3 is 2.52 bits per heavy atom. The summed E-state index contributed by atoms with van der Waals surface area (Å²) < 4.78 is 15.3. The van der Waals surface area contributed by atoms with Crippen molar-refractivity contribution in [2.45, 2.75) is 26.4 Å². The number of halogens is 3. The lowest BCUT2D eigenvalue weighted by Gasteiger charge is -2.21. The average molecular weight is 404 g/mol. The molecule has 0 saturated heterocycles. The summed E-state index contributed by atoms with van der Waals surface area (Å²) in [5, 5.41) is 5.08. The Kier molecular flexibility index (Phi) is 4.44. The number of nitrogens with zero attached hydrogens (tertiary/aromatic N) is 3. The van der Waals surface area contributed by atoms with Crippen molar-refractivity contribution in [2.24, 2.45) is 0 Å². The zero-order chi connectivity index (χ0) is 19.3. The van der Waals surface area contributed by atoms with Crippen molar-refractivity contribution in [2.75, 3.05) is 0 Å². The molecule has 4 rings (SSSR count). The van der Waals surface area contributed by atoms with E-state index < -0.39 is 5.82 Å². The third-order valence-corrected chi connectivity index (χ3v) is 5.28. The Bertz CT molecular complexity index is 1060. The number of aromatic nitrogens is 2. The Labute approximate surface area is 166 Å². The summed E-state index contributed by atoms with van der Waals surface area (Å²) in [6, 6.07) is 11.8. The normalized spacial score (nSPS) is 13.6. The summed E-state index contributed by atoms with van der Waals surface area (Å²) in [6.07, 6.45) is 0. The molecule has 138 valence electrons. The van der Waals surface area contributed by atoms with Gasteiger partial charge in [0, 0.05) is 17.2 Å². The van der Waals surface area contributed by atoms with Crippen molar-refractivity contribution in [3.8, 4) is 16.9 Å². The predicted molar refractivity (Wildman–Crippen MR) is 104 cm³/mol. The largest absolute Gasteiger partial charge is 0.330 e. The second kappa shape index (κ2) is 6.66. The maximum absolute atomic E-state index is 13.7. The molecule has 1 aromatic heterocycles. The minimum Gasteiger partial charge on any atom is -0.330 e. The summed E-state index contributed by atoms with van der Waals surface area (Å²) in [6.45, 7) is 4.35. The predicted octanol–water partition coefficient (Wildman–Crippen LogP) is 5.35. The molecule has 1 aliphatic heterocycles. The summed E-state index contributed by atoms with van der Waals surface area (Å²) in [5.41, 5.74) is 3.19. The van der Waals surface area contributed by atoms with Gasteiger partial charge in [-0.3, -0.25) is 4.79 Å². The maximum Gasteiger partial charge on any atom is 0.275 e. The molecular weight excluding hydrogens is 388 g/mol. The number of fused-ring (bicyclic) bond motifs is 1. The molecule has 2 aromatic carbocycles. The van der Waals surface area contributed by atoms with E-state index in [1.807, 2.05) is 32.0 Å². The topological polar surface area (TPSA) is 38.1 Å². The van der Waals surface area contributed by atoms with Crippen LogP contribution in [0.1, 0.15) is 29.9 Å². The molecule has 0 spiro atoms. The van der Waals surface area contributed by atoms with E-state index in [0.29, 0.717) is 34.2 Å². The fourth-order valence-electron chi connectivity index (χ4n) is 3.30. The third-order valence-electron chi connectivity index (χ3n) is 4.67. The van der Waals surface area contributed by atoms with Crippen molar-refractivity contribution in [1.82, 2.24) is 14.7 Å². The molecule has 0 N–H and O–H groups in total. The van der Waals surface area contributed by atoms with Crippen LogP contribution >= 0.6 is 23.2 Å². The molecule has 1 amide bonds. The van der Waals surface area contributed by atoms with E-state index in [-0.39, 0.29) is 17.0 Å². The second-order valence-corrected chi connectivity index (χ2v) is 7.51. The van der Waals surface area contributed by atoms with Crippen LogP contribution < -0.4 is 0 Å². The van der Waals surface area contributed by atoms with Crippen LogP contribution in [0.2, 0.25) is 10.0 Å². The number of rotatable bonds is 3. The van der Waals surface area contributed by atoms with Gasteiger partial charge in [-0.05, 0) is 44.2 Å². The summed E-state index contributed by atoms with van der Waals surface area (Å²) >= 11 is 12.4. The third kappa shape index (κ3) is 2.91. The molecule has 27 heavy (non-hydrogen) atoms. The van der Waals surface area contributed by atoms with E-state index in [9.17, 15) is 9.18 Å². The molecule has 0 bridgehead atoms. The van der Waals surface area contributed by atoms with Crippen LogP contribution in [0.3, 0.4) is 0 Å². The molecule has 0 fully saturated rings. The molecular formula is C20H16Cl2FN3O. The molecule has 7 heteroatoms.